The molecule has 4 N–H and O–H groups in total. The maximum Gasteiger partial charge on any atom is 0.276 e. The van der Waals surface area contributed by atoms with E-state index in [1.54, 1.807) is 0 Å². The number of thiazole rings is 1. The Kier molecular flexibility index (Phi) is 2.80. The van der Waals surface area contributed by atoms with Gasteiger partial charge in [0.05, 0.1) is 21.1 Å². The summed E-state index contributed by atoms with van der Waals surface area (Å²) in [6, 6.07) is 13.0. The first-order valence-electron chi connectivity index (χ1n) is 6.62. The second-order valence-electron chi connectivity index (χ2n) is 4.78. The summed E-state index contributed by atoms with van der Waals surface area (Å²) in [6.07, 6.45) is 0. The van der Waals surface area contributed by atoms with Crippen LogP contribution in [0.15, 0.2) is 42.5 Å². The highest BCUT2D eigenvalue weighted by atomic mass is 32.1. The van der Waals surface area contributed by atoms with Gasteiger partial charge >= 0.3 is 0 Å². The van der Waals surface area contributed by atoms with Gasteiger partial charge in [-0.3, -0.25) is 9.89 Å². The fraction of sp³-hybridized carbons (Fsp3) is 0. The first kappa shape index (κ1) is 12.8. The van der Waals surface area contributed by atoms with Crippen LogP contribution in [-0.2, 0) is 0 Å². The van der Waals surface area contributed by atoms with E-state index in [1.165, 1.54) is 11.3 Å². The number of hydrogen-bond acceptors (Lipinski definition) is 5. The molecule has 1 amide bonds. The number of nitrogens with one attached hydrogen (secondary N) is 2. The first-order chi connectivity index (χ1) is 10.7. The number of anilines is 2. The lowest BCUT2D eigenvalue weighted by Gasteiger charge is -2.02. The van der Waals surface area contributed by atoms with Gasteiger partial charge in [-0.05, 0) is 24.3 Å². The Labute approximate surface area is 129 Å². The number of benzene rings is 2. The number of para-hydroxylation sites is 1. The third kappa shape index (κ3) is 1.99. The van der Waals surface area contributed by atoms with Crippen molar-refractivity contribution in [3.63, 3.8) is 0 Å². The van der Waals surface area contributed by atoms with Crippen molar-refractivity contribution in [1.29, 1.82) is 0 Å². The van der Waals surface area contributed by atoms with Crippen LogP contribution in [0.3, 0.4) is 0 Å². The number of hydrogen-bond donors (Lipinski definition) is 3. The molecule has 0 radical (unpaired) electrons. The number of nitrogens with two attached hydrogens (primary N) is 1. The Morgan fingerprint density at radius 3 is 2.82 bits per heavy atom. The van der Waals surface area contributed by atoms with Crippen LogP contribution in [0.5, 0.6) is 0 Å². The average molecular weight is 309 g/mol. The van der Waals surface area contributed by atoms with E-state index >= 15 is 0 Å². The van der Waals surface area contributed by atoms with Gasteiger partial charge < -0.3 is 11.1 Å². The smallest absolute Gasteiger partial charge is 0.276 e. The van der Waals surface area contributed by atoms with Crippen LogP contribution in [0.25, 0.3) is 21.1 Å². The third-order valence-corrected chi connectivity index (χ3v) is 4.26. The molecule has 0 aliphatic heterocycles. The van der Waals surface area contributed by atoms with E-state index < -0.39 is 0 Å². The quantitative estimate of drug-likeness (QED) is 0.530. The topological polar surface area (TPSA) is 96.7 Å². The van der Waals surface area contributed by atoms with E-state index in [1.807, 2.05) is 42.5 Å². The van der Waals surface area contributed by atoms with Gasteiger partial charge in [-0.25, -0.2) is 4.98 Å². The predicted molar refractivity (Wildman–Crippen MR) is 88.1 cm³/mol. The number of nitrogens with zero attached hydrogens (tertiary/aromatic N) is 2. The van der Waals surface area contributed by atoms with Gasteiger partial charge in [-0.15, -0.1) is 0 Å². The molecule has 0 saturated heterocycles. The lowest BCUT2D eigenvalue weighted by atomic mass is 10.2. The van der Waals surface area contributed by atoms with Gasteiger partial charge in [0, 0.05) is 5.69 Å². The molecule has 108 valence electrons. The van der Waals surface area contributed by atoms with Crippen molar-refractivity contribution in [3.8, 4) is 0 Å². The van der Waals surface area contributed by atoms with E-state index in [-0.39, 0.29) is 5.91 Å². The van der Waals surface area contributed by atoms with Gasteiger partial charge in [-0.2, -0.15) is 5.10 Å². The van der Waals surface area contributed by atoms with Crippen LogP contribution in [0.1, 0.15) is 10.5 Å². The summed E-state index contributed by atoms with van der Waals surface area (Å²) in [5, 5.41) is 11.1. The minimum absolute atomic E-state index is 0.267. The van der Waals surface area contributed by atoms with Gasteiger partial charge in [-0.1, -0.05) is 29.5 Å². The molecular formula is C15H11N5OS. The van der Waals surface area contributed by atoms with Gasteiger partial charge in [0.25, 0.3) is 5.91 Å². The maximum atomic E-state index is 12.5. The SMILES string of the molecule is Nc1nc2ccc3[nH]nc(C(=O)Nc4ccccc4)c3c2s1. The van der Waals surface area contributed by atoms with Crippen LogP contribution in [0.2, 0.25) is 0 Å². The van der Waals surface area contributed by atoms with E-state index in [2.05, 4.69) is 20.5 Å². The van der Waals surface area contributed by atoms with Crippen LogP contribution in [0.4, 0.5) is 10.8 Å². The molecule has 0 aliphatic carbocycles. The lowest BCUT2D eigenvalue weighted by molar-refractivity contribution is 0.102. The van der Waals surface area contributed by atoms with E-state index in [0.717, 1.165) is 26.8 Å². The minimum Gasteiger partial charge on any atom is -0.375 e. The zero-order valence-electron chi connectivity index (χ0n) is 11.3. The largest absolute Gasteiger partial charge is 0.375 e. The van der Waals surface area contributed by atoms with Gasteiger partial charge in [0.15, 0.2) is 10.8 Å². The number of carbonyl (C=O) groups is 1. The van der Waals surface area contributed by atoms with Crippen molar-refractivity contribution < 1.29 is 4.79 Å². The van der Waals surface area contributed by atoms with E-state index in [9.17, 15) is 4.79 Å². The second kappa shape index (κ2) is 4.81. The Hall–Kier alpha value is -2.93. The molecule has 2 heterocycles. The molecular weight excluding hydrogens is 298 g/mol. The van der Waals surface area contributed by atoms with Crippen molar-refractivity contribution in [1.82, 2.24) is 15.2 Å². The fourth-order valence-electron chi connectivity index (χ4n) is 2.39. The molecule has 0 spiro atoms. The number of amides is 1. The van der Waals surface area contributed by atoms with Crippen LogP contribution in [-0.4, -0.2) is 21.1 Å². The number of nitrogen functional groups attached to an aromatic ring is 1. The number of aromatic nitrogens is 3. The number of H-pyrrole nitrogens is 1. The monoisotopic (exact) mass is 309 g/mol. The Balaban J connectivity index is 1.84. The molecule has 6 nitrogen and oxygen atoms in total. The van der Waals surface area contributed by atoms with E-state index in [4.69, 9.17) is 5.73 Å². The van der Waals surface area contributed by atoms with Crippen molar-refractivity contribution in [3.05, 3.63) is 48.2 Å². The molecule has 22 heavy (non-hydrogen) atoms. The normalized spacial score (nSPS) is 11.1. The van der Waals surface area contributed by atoms with Gasteiger partial charge in [0.2, 0.25) is 0 Å². The van der Waals surface area contributed by atoms with Crippen LogP contribution < -0.4 is 11.1 Å². The van der Waals surface area contributed by atoms with Crippen molar-refractivity contribution in [2.75, 3.05) is 11.1 Å². The summed E-state index contributed by atoms with van der Waals surface area (Å²) in [6.45, 7) is 0. The Morgan fingerprint density at radius 2 is 2.00 bits per heavy atom. The number of aromatic amines is 1. The summed E-state index contributed by atoms with van der Waals surface area (Å²) < 4.78 is 0.863. The molecule has 0 bridgehead atoms. The molecule has 0 fully saturated rings. The summed E-state index contributed by atoms with van der Waals surface area (Å²) in [7, 11) is 0. The van der Waals surface area contributed by atoms with Crippen LogP contribution >= 0.6 is 11.3 Å². The molecule has 4 aromatic rings. The molecule has 0 unspecified atom stereocenters. The Bertz CT molecular complexity index is 989. The van der Waals surface area contributed by atoms with Gasteiger partial charge in [0.1, 0.15) is 0 Å². The molecule has 0 atom stereocenters. The minimum atomic E-state index is -0.267. The summed E-state index contributed by atoms with van der Waals surface area (Å²) in [5.41, 5.74) is 8.39. The highest BCUT2D eigenvalue weighted by molar-refractivity contribution is 7.23. The zero-order valence-corrected chi connectivity index (χ0v) is 12.1. The first-order valence-corrected chi connectivity index (χ1v) is 7.43. The molecule has 4 rings (SSSR count). The molecule has 2 aromatic carbocycles. The summed E-state index contributed by atoms with van der Waals surface area (Å²) in [4.78, 5) is 16.7. The zero-order chi connectivity index (χ0) is 15.1. The highest BCUT2D eigenvalue weighted by Gasteiger charge is 2.18. The number of fused-ring (bicyclic) bond motifs is 3. The lowest BCUT2D eigenvalue weighted by Crippen LogP contribution is -2.12. The summed E-state index contributed by atoms with van der Waals surface area (Å²) in [5.74, 6) is -0.267. The van der Waals surface area contributed by atoms with Crippen molar-refractivity contribution in [2.45, 2.75) is 0 Å². The number of rotatable bonds is 2. The Morgan fingerprint density at radius 1 is 1.18 bits per heavy atom. The molecule has 0 saturated carbocycles. The highest BCUT2D eigenvalue weighted by Crippen LogP contribution is 2.32. The second-order valence-corrected chi connectivity index (χ2v) is 5.81. The number of carbonyl (C=O) groups excluding carboxylic acids is 1. The molecule has 7 heteroatoms. The van der Waals surface area contributed by atoms with Crippen LogP contribution in [0, 0.1) is 0 Å². The summed E-state index contributed by atoms with van der Waals surface area (Å²) >= 11 is 1.35. The molecule has 2 aromatic heterocycles. The van der Waals surface area contributed by atoms with Crippen molar-refractivity contribution in [2.24, 2.45) is 0 Å². The standard InChI is InChI=1S/C15H11N5OS/c16-15-18-10-7-6-9-11(13(10)22-15)12(20-19-9)14(21)17-8-4-2-1-3-5-8/h1-7H,(H2,16,18)(H,17,21)(H,19,20). The third-order valence-electron chi connectivity index (χ3n) is 3.35. The predicted octanol–water partition coefficient (Wildman–Crippen LogP) is 3.01. The average Bonchev–Trinajstić information content (AvgIpc) is 3.10. The van der Waals surface area contributed by atoms with Crippen molar-refractivity contribution >= 4 is 49.2 Å². The van der Waals surface area contributed by atoms with E-state index in [0.29, 0.717) is 10.8 Å². The maximum absolute atomic E-state index is 12.5. The molecule has 0 aliphatic rings. The fourth-order valence-corrected chi connectivity index (χ4v) is 3.27.